The van der Waals surface area contributed by atoms with Crippen molar-refractivity contribution >= 4 is 53.4 Å². The molecule has 0 aliphatic rings. The Labute approximate surface area is 397 Å². The van der Waals surface area contributed by atoms with Gasteiger partial charge in [0.1, 0.15) is 23.0 Å². The molecule has 64 heavy (non-hydrogen) atoms. The SMILES string of the molecule is CN(C)c1ccccc1.COc1c(C)cc(P(c2cc(C)c(OC)c(C)c2)[c-]2[cH-][cH-][cH-][c-]2C)cc1C.COc1c(C)cc(P(c2cc(C)c(OC)c(C)c2)[c-]2cccc2C)cc1C.[Fe]. The van der Waals surface area contributed by atoms with E-state index >= 15 is 0 Å². The van der Waals surface area contributed by atoms with Crippen LogP contribution >= 0.6 is 15.8 Å². The summed E-state index contributed by atoms with van der Waals surface area (Å²) in [7, 11) is 9.77. The molecule has 0 saturated carbocycles. The van der Waals surface area contributed by atoms with Crippen molar-refractivity contribution < 1.29 is 36.0 Å². The first-order valence-corrected chi connectivity index (χ1v) is 24.1. The van der Waals surface area contributed by atoms with Crippen LogP contribution < -0.4 is 55.7 Å². The summed E-state index contributed by atoms with van der Waals surface area (Å²) < 4.78 is 22.4. The molecule has 0 unspecified atom stereocenters. The van der Waals surface area contributed by atoms with E-state index in [4.69, 9.17) is 18.9 Å². The normalized spacial score (nSPS) is 10.7. The van der Waals surface area contributed by atoms with Gasteiger partial charge in [0.05, 0.1) is 28.4 Å². The molecule has 344 valence electrons. The van der Waals surface area contributed by atoms with E-state index in [9.17, 15) is 0 Å². The quantitative estimate of drug-likeness (QED) is 0.0734. The second-order valence-corrected chi connectivity index (χ2v) is 20.9. The average molecular weight is 936 g/mol. The zero-order chi connectivity index (χ0) is 46.1. The summed E-state index contributed by atoms with van der Waals surface area (Å²) in [5.41, 5.74) is 13.4. The molecule has 0 N–H and O–H groups in total. The largest absolute Gasteiger partial charge is 0.747 e. The van der Waals surface area contributed by atoms with Crippen molar-refractivity contribution in [2.75, 3.05) is 47.4 Å². The van der Waals surface area contributed by atoms with E-state index < -0.39 is 15.8 Å². The number of rotatable bonds is 11. The first kappa shape index (κ1) is 51.8. The van der Waals surface area contributed by atoms with E-state index in [0.717, 1.165) is 23.0 Å². The third-order valence-electron chi connectivity index (χ3n) is 11.4. The Morgan fingerprint density at radius 3 is 1.06 bits per heavy atom. The predicted molar refractivity (Wildman–Crippen MR) is 276 cm³/mol. The molecule has 0 spiro atoms. The number of hydrogen-bond donors (Lipinski definition) is 0. The second-order valence-electron chi connectivity index (χ2n) is 16.5. The molecule has 0 heterocycles. The van der Waals surface area contributed by atoms with E-state index in [-0.39, 0.29) is 17.1 Å². The van der Waals surface area contributed by atoms with E-state index in [1.54, 1.807) is 28.4 Å². The molecule has 8 heteroatoms. The summed E-state index contributed by atoms with van der Waals surface area (Å²) in [6, 6.07) is 41.9. The van der Waals surface area contributed by atoms with E-state index in [1.807, 2.05) is 32.3 Å². The Balaban J connectivity index is 0.000000232. The van der Waals surface area contributed by atoms with Crippen LogP contribution in [0.3, 0.4) is 0 Å². The van der Waals surface area contributed by atoms with Crippen LogP contribution in [0.15, 0.2) is 115 Å². The van der Waals surface area contributed by atoms with E-state index in [0.29, 0.717) is 0 Å². The molecule has 7 rings (SSSR count). The molecular weight excluding hydrogens is 868 g/mol. The fourth-order valence-electron chi connectivity index (χ4n) is 8.60. The summed E-state index contributed by atoms with van der Waals surface area (Å²) in [6.07, 6.45) is 0. The number of aryl methyl sites for hydroxylation is 10. The van der Waals surface area contributed by atoms with Crippen molar-refractivity contribution in [3.8, 4) is 23.0 Å². The van der Waals surface area contributed by atoms with Crippen molar-refractivity contribution in [1.82, 2.24) is 0 Å². The molecule has 7 aromatic rings. The van der Waals surface area contributed by atoms with Crippen molar-refractivity contribution in [2.45, 2.75) is 69.2 Å². The van der Waals surface area contributed by atoms with Crippen LogP contribution in [-0.2, 0) is 17.1 Å². The van der Waals surface area contributed by atoms with Gasteiger partial charge in [0.15, 0.2) is 0 Å². The van der Waals surface area contributed by atoms with Crippen LogP contribution in [0.4, 0.5) is 5.69 Å². The number of para-hydroxylation sites is 1. The van der Waals surface area contributed by atoms with Crippen LogP contribution in [0.25, 0.3) is 0 Å². The van der Waals surface area contributed by atoms with Crippen LogP contribution in [0.2, 0.25) is 0 Å². The average Bonchev–Trinajstić information content (AvgIpc) is 3.85. The van der Waals surface area contributed by atoms with Gasteiger partial charge < -0.3 is 52.9 Å². The molecule has 0 atom stereocenters. The molecule has 0 saturated heterocycles. The monoisotopic (exact) mass is 935 g/mol. The number of ether oxygens (including phenoxy) is 4. The maximum Gasteiger partial charge on any atom is 0.124 e. The first-order valence-electron chi connectivity index (χ1n) is 21.4. The van der Waals surface area contributed by atoms with Crippen molar-refractivity contribution in [2.24, 2.45) is 0 Å². The Bertz CT molecular complexity index is 2260. The summed E-state index contributed by atoms with van der Waals surface area (Å²) in [5, 5.41) is 8.27. The number of anilines is 1. The molecule has 0 aliphatic carbocycles. The molecule has 5 nitrogen and oxygen atoms in total. The minimum Gasteiger partial charge on any atom is -0.747 e. The van der Waals surface area contributed by atoms with Crippen molar-refractivity contribution in [3.05, 3.63) is 171 Å². The number of methoxy groups -OCH3 is 4. The zero-order valence-corrected chi connectivity index (χ0v) is 43.7. The van der Waals surface area contributed by atoms with Crippen LogP contribution in [-0.4, -0.2) is 42.5 Å². The maximum absolute atomic E-state index is 5.59. The van der Waals surface area contributed by atoms with Gasteiger partial charge in [-0.2, -0.15) is 11.6 Å². The topological polar surface area (TPSA) is 40.2 Å². The molecule has 0 amide bonds. The Kier molecular flexibility index (Phi) is 18.9. The molecule has 0 aliphatic heterocycles. The molecule has 0 radical (unpaired) electrons. The summed E-state index contributed by atoms with van der Waals surface area (Å²) in [4.78, 5) is 2.08. The summed E-state index contributed by atoms with van der Waals surface area (Å²) in [6.45, 7) is 21.5. The molecule has 7 aromatic carbocycles. The van der Waals surface area contributed by atoms with Gasteiger partial charge in [0, 0.05) is 36.9 Å². The van der Waals surface area contributed by atoms with Crippen LogP contribution in [0, 0.1) is 69.2 Å². The van der Waals surface area contributed by atoms with Gasteiger partial charge in [-0.05, 0) is 147 Å². The smallest absolute Gasteiger partial charge is 0.124 e. The van der Waals surface area contributed by atoms with Gasteiger partial charge in [-0.25, -0.2) is 27.0 Å². The fraction of sp³-hybridized carbons (Fsp3) is 0.286. The Hall–Kier alpha value is -4.82. The van der Waals surface area contributed by atoms with Gasteiger partial charge in [-0.1, -0.05) is 67.9 Å². The Morgan fingerprint density at radius 2 is 0.812 bits per heavy atom. The van der Waals surface area contributed by atoms with Crippen molar-refractivity contribution in [3.63, 3.8) is 0 Å². The second kappa shape index (κ2) is 23.4. The van der Waals surface area contributed by atoms with E-state index in [2.05, 4.69) is 171 Å². The zero-order valence-electron chi connectivity index (χ0n) is 40.8. The molecular formula is C56H67FeNO4P2-6. The van der Waals surface area contributed by atoms with Crippen LogP contribution in [0.1, 0.15) is 55.6 Å². The summed E-state index contributed by atoms with van der Waals surface area (Å²) in [5.74, 6) is 3.93. The minimum atomic E-state index is -0.640. The van der Waals surface area contributed by atoms with Gasteiger partial charge >= 0.3 is 0 Å². The molecule has 0 fully saturated rings. The van der Waals surface area contributed by atoms with E-state index in [1.165, 1.54) is 93.1 Å². The minimum absolute atomic E-state index is 0. The van der Waals surface area contributed by atoms with Gasteiger partial charge in [0.25, 0.3) is 0 Å². The standard InChI is InChI=1S/2C24H28O2P.C8H11N.Fe/c2*1-15-9-8-10-22(15)27(20-11-16(2)23(25-6)17(3)12-20)21-13-18(4)24(26-7)19(5)14-21;1-9(2)8-6-4-3-5-7-8;/h2*8-14H,1-7H3;3-7H,1-2H3;/q-5;-1;;. The first-order chi connectivity index (χ1) is 30.0. The van der Waals surface area contributed by atoms with Crippen molar-refractivity contribution in [1.29, 1.82) is 0 Å². The fourth-order valence-corrected chi connectivity index (χ4v) is 14.2. The number of benzene rings is 5. The van der Waals surface area contributed by atoms with Gasteiger partial charge in [0.2, 0.25) is 0 Å². The van der Waals surface area contributed by atoms with Crippen LogP contribution in [0.5, 0.6) is 23.0 Å². The molecule has 0 bridgehead atoms. The maximum atomic E-state index is 5.59. The van der Waals surface area contributed by atoms with Gasteiger partial charge in [-0.15, -0.1) is 5.30 Å². The predicted octanol–water partition coefficient (Wildman–Crippen LogP) is 11.2. The number of hydrogen-bond acceptors (Lipinski definition) is 5. The number of nitrogens with zero attached hydrogens (tertiary/aromatic N) is 1. The van der Waals surface area contributed by atoms with Gasteiger partial charge in [-0.3, -0.25) is 0 Å². The Morgan fingerprint density at radius 1 is 0.469 bits per heavy atom. The summed E-state index contributed by atoms with van der Waals surface area (Å²) >= 11 is 0. The third-order valence-corrected chi connectivity index (χ3v) is 16.5. The molecule has 0 aromatic heterocycles. The third kappa shape index (κ3) is 11.9.